The molecule has 262 valence electrons. The zero-order valence-electron chi connectivity index (χ0n) is 31.2. The molecule has 0 aliphatic carbocycles. The monoisotopic (exact) mass is 708 g/mol. The number of nitrogens with zero attached hydrogens (tertiary/aromatic N) is 2. The smallest absolute Gasteiger partial charge is 0.260 e. The average molecular weight is 709 g/mol. The van der Waals surface area contributed by atoms with Crippen LogP contribution in [0.3, 0.4) is 0 Å². The molecule has 0 spiro atoms. The lowest BCUT2D eigenvalue weighted by molar-refractivity contribution is 0.467. The van der Waals surface area contributed by atoms with Gasteiger partial charge in [0.25, 0.3) is 6.71 Å². The molecule has 0 fully saturated rings. The summed E-state index contributed by atoms with van der Waals surface area (Å²) < 4.78 is 16.5. The van der Waals surface area contributed by atoms with Gasteiger partial charge in [0.15, 0.2) is 5.75 Å². The molecule has 0 bridgehead atoms. The number of hydrogen-bond donors (Lipinski definition) is 0. The van der Waals surface area contributed by atoms with Crippen LogP contribution in [0.1, 0.15) is 22.3 Å². The van der Waals surface area contributed by atoms with Crippen molar-refractivity contribution in [2.45, 2.75) is 27.7 Å². The summed E-state index contributed by atoms with van der Waals surface area (Å²) in [4.78, 5) is 2.40. The maximum absolute atomic E-state index is 7.17. The lowest BCUT2D eigenvalue weighted by atomic mass is 9.34. The molecule has 0 amide bonds. The van der Waals surface area contributed by atoms with Gasteiger partial charge in [-0.1, -0.05) is 113 Å². The number of aromatic nitrogens is 1. The summed E-state index contributed by atoms with van der Waals surface area (Å²) in [7, 11) is 0. The molecule has 55 heavy (non-hydrogen) atoms. The molecule has 11 rings (SSSR count). The minimum absolute atomic E-state index is 0.0326. The number of ether oxygens (including phenoxy) is 2. The van der Waals surface area contributed by atoms with Crippen LogP contribution in [0.4, 0.5) is 17.1 Å². The zero-order chi connectivity index (χ0) is 36.9. The van der Waals surface area contributed by atoms with Crippen molar-refractivity contribution in [2.24, 2.45) is 0 Å². The number of hydrogen-bond acceptors (Lipinski definition) is 3. The van der Waals surface area contributed by atoms with Gasteiger partial charge in [-0.15, -0.1) is 0 Å². The normalized spacial score (nSPS) is 12.6. The molecule has 4 nitrogen and oxygen atoms in total. The van der Waals surface area contributed by atoms with Crippen LogP contribution in [0, 0.1) is 27.7 Å². The summed E-state index contributed by atoms with van der Waals surface area (Å²) in [5.74, 6) is 3.47. The van der Waals surface area contributed by atoms with Crippen molar-refractivity contribution in [2.75, 3.05) is 4.90 Å². The van der Waals surface area contributed by atoms with E-state index in [9.17, 15) is 0 Å². The molecule has 0 unspecified atom stereocenters. The number of benzene rings is 8. The third kappa shape index (κ3) is 4.79. The van der Waals surface area contributed by atoms with Crippen LogP contribution in [0.2, 0.25) is 0 Å². The fourth-order valence-electron chi connectivity index (χ4n) is 8.96. The van der Waals surface area contributed by atoms with Gasteiger partial charge in [0.2, 0.25) is 0 Å². The number of anilines is 3. The number of para-hydroxylation sites is 1. The maximum Gasteiger partial charge on any atom is 0.260 e. The molecule has 9 aromatic rings. The van der Waals surface area contributed by atoms with Crippen LogP contribution < -0.4 is 30.8 Å². The average Bonchev–Trinajstić information content (AvgIpc) is 3.54. The molecule has 0 saturated heterocycles. The highest BCUT2D eigenvalue weighted by Crippen LogP contribution is 2.49. The van der Waals surface area contributed by atoms with E-state index in [1.54, 1.807) is 0 Å². The standard InChI is InChI=1S/C50H37BN2O2/c1-30-14-20-35(21-15-30)52(36-22-16-31(2)17-23-36)42-29-43-47(38-13-9-8-12-37(38)42)39-28-46-48-50(49(39)53(43)34-10-6-5-7-11-34)55-45-25-19-33(4)27-41(45)51(48)40-26-32(3)18-24-44(40)54-46/h5-29H,1-4H3. The molecule has 0 N–H and O–H groups in total. The van der Waals surface area contributed by atoms with Crippen LogP contribution in [0.25, 0.3) is 38.3 Å². The van der Waals surface area contributed by atoms with Crippen molar-refractivity contribution in [3.8, 4) is 28.7 Å². The minimum Gasteiger partial charge on any atom is -0.458 e. The Bertz CT molecular complexity index is 2960. The van der Waals surface area contributed by atoms with E-state index < -0.39 is 0 Å². The van der Waals surface area contributed by atoms with Gasteiger partial charge in [0.05, 0.1) is 16.7 Å². The van der Waals surface area contributed by atoms with Crippen molar-refractivity contribution in [3.63, 3.8) is 0 Å². The largest absolute Gasteiger partial charge is 0.458 e. The molecule has 2 aliphatic rings. The van der Waals surface area contributed by atoms with Crippen molar-refractivity contribution < 1.29 is 9.47 Å². The van der Waals surface area contributed by atoms with Crippen molar-refractivity contribution >= 4 is 72.7 Å². The highest BCUT2D eigenvalue weighted by atomic mass is 16.5. The Kier molecular flexibility index (Phi) is 6.87. The van der Waals surface area contributed by atoms with Gasteiger partial charge < -0.3 is 18.9 Å². The third-order valence-electron chi connectivity index (χ3n) is 11.5. The summed E-state index contributed by atoms with van der Waals surface area (Å²) in [5, 5.41) is 4.59. The second-order valence-corrected chi connectivity index (χ2v) is 15.2. The van der Waals surface area contributed by atoms with E-state index in [-0.39, 0.29) is 6.71 Å². The van der Waals surface area contributed by atoms with Gasteiger partial charge in [-0.3, -0.25) is 0 Å². The van der Waals surface area contributed by atoms with Gasteiger partial charge in [-0.05, 0) is 105 Å². The molecular weight excluding hydrogens is 671 g/mol. The SMILES string of the molecule is Cc1ccc(N(c2ccc(C)cc2)c2cc3c(c4ccccc24)c2cc4c5c(c2n3-c2ccccc2)Oc2ccc(C)cc2B5c2cc(C)ccc2O4)cc1. The lowest BCUT2D eigenvalue weighted by Gasteiger charge is -2.34. The van der Waals surface area contributed by atoms with E-state index >= 15 is 0 Å². The highest BCUT2D eigenvalue weighted by molar-refractivity contribution is 6.98. The molecule has 0 atom stereocenters. The van der Waals surface area contributed by atoms with Crippen molar-refractivity contribution in [1.29, 1.82) is 0 Å². The lowest BCUT2D eigenvalue weighted by Crippen LogP contribution is -2.57. The van der Waals surface area contributed by atoms with Gasteiger partial charge in [0, 0.05) is 38.7 Å². The van der Waals surface area contributed by atoms with E-state index in [1.807, 2.05) is 0 Å². The van der Waals surface area contributed by atoms with E-state index in [2.05, 4.69) is 189 Å². The molecule has 0 saturated carbocycles. The zero-order valence-corrected chi connectivity index (χ0v) is 31.2. The quantitative estimate of drug-likeness (QED) is 0.170. The predicted molar refractivity (Wildman–Crippen MR) is 230 cm³/mol. The topological polar surface area (TPSA) is 26.6 Å². The first-order valence-corrected chi connectivity index (χ1v) is 19.0. The van der Waals surface area contributed by atoms with Gasteiger partial charge in [-0.2, -0.15) is 0 Å². The van der Waals surface area contributed by atoms with E-state index in [0.29, 0.717) is 0 Å². The number of fused-ring (bicyclic) bond motifs is 10. The molecule has 0 radical (unpaired) electrons. The second-order valence-electron chi connectivity index (χ2n) is 15.2. The van der Waals surface area contributed by atoms with Crippen LogP contribution in [-0.2, 0) is 0 Å². The highest BCUT2D eigenvalue weighted by Gasteiger charge is 2.42. The Balaban J connectivity index is 1.30. The first-order chi connectivity index (χ1) is 26.9. The van der Waals surface area contributed by atoms with Gasteiger partial charge >= 0.3 is 0 Å². The Morgan fingerprint density at radius 3 is 1.69 bits per heavy atom. The molecular formula is C50H37BN2O2. The maximum atomic E-state index is 7.17. The van der Waals surface area contributed by atoms with E-state index in [1.165, 1.54) is 38.6 Å². The van der Waals surface area contributed by atoms with E-state index in [4.69, 9.17) is 9.47 Å². The Morgan fingerprint density at radius 1 is 0.491 bits per heavy atom. The number of aryl methyl sites for hydroxylation is 4. The fourth-order valence-corrected chi connectivity index (χ4v) is 8.96. The van der Waals surface area contributed by atoms with Crippen LogP contribution in [0.5, 0.6) is 23.0 Å². The molecule has 8 aromatic carbocycles. The van der Waals surface area contributed by atoms with Crippen LogP contribution >= 0.6 is 0 Å². The molecule has 3 heterocycles. The summed E-state index contributed by atoms with van der Waals surface area (Å²) >= 11 is 0. The van der Waals surface area contributed by atoms with E-state index in [0.717, 1.165) is 78.4 Å². The molecule has 1 aromatic heterocycles. The van der Waals surface area contributed by atoms with Gasteiger partial charge in [0.1, 0.15) is 17.2 Å². The Hall–Kier alpha value is -6.72. The Labute approximate surface area is 320 Å². The second kappa shape index (κ2) is 11.9. The predicted octanol–water partition coefficient (Wildman–Crippen LogP) is 11.4. The molecule has 2 aliphatic heterocycles. The van der Waals surface area contributed by atoms with Crippen LogP contribution in [-0.4, -0.2) is 11.3 Å². The number of rotatable bonds is 4. The first kappa shape index (κ1) is 31.8. The third-order valence-corrected chi connectivity index (χ3v) is 11.5. The summed E-state index contributed by atoms with van der Waals surface area (Å²) in [6.45, 7) is 8.56. The minimum atomic E-state index is -0.0326. The van der Waals surface area contributed by atoms with Crippen molar-refractivity contribution in [3.05, 3.63) is 174 Å². The van der Waals surface area contributed by atoms with Gasteiger partial charge in [-0.25, -0.2) is 0 Å². The summed E-state index contributed by atoms with van der Waals surface area (Å²) in [6, 6.07) is 55.0. The van der Waals surface area contributed by atoms with Crippen LogP contribution in [0.15, 0.2) is 152 Å². The summed E-state index contributed by atoms with van der Waals surface area (Å²) in [5.41, 5.74) is 14.8. The molecule has 5 heteroatoms. The Morgan fingerprint density at radius 2 is 1.05 bits per heavy atom. The summed E-state index contributed by atoms with van der Waals surface area (Å²) in [6.07, 6.45) is 0. The first-order valence-electron chi connectivity index (χ1n) is 19.0. The van der Waals surface area contributed by atoms with Crippen molar-refractivity contribution in [1.82, 2.24) is 4.57 Å². The fraction of sp³-hybridized carbons (Fsp3) is 0.0800.